The van der Waals surface area contributed by atoms with E-state index in [2.05, 4.69) is 0 Å². The Kier molecular flexibility index (Phi) is 7.29. The molecule has 0 bridgehead atoms. The predicted octanol–water partition coefficient (Wildman–Crippen LogP) is 2.90. The van der Waals surface area contributed by atoms with Crippen LogP contribution in [0.1, 0.15) is 12.0 Å². The zero-order valence-electron chi connectivity index (χ0n) is 15.5. The van der Waals surface area contributed by atoms with Gasteiger partial charge in [0.25, 0.3) is 0 Å². The standard InChI is InChI=1S/C20H26N2O4/c1-24-13-12-22(16-9-10-18(25-2)19(14-16)26-3)20(23)11-8-15-6-4-5-7-17(15)21/h4-7,9-10,14H,8,11-13,21H2,1-3H3. The molecule has 0 heterocycles. The number of para-hydroxylation sites is 1. The van der Waals surface area contributed by atoms with E-state index >= 15 is 0 Å². The highest BCUT2D eigenvalue weighted by molar-refractivity contribution is 5.94. The van der Waals surface area contributed by atoms with Crippen LogP contribution in [0.25, 0.3) is 0 Å². The largest absolute Gasteiger partial charge is 0.493 e. The summed E-state index contributed by atoms with van der Waals surface area (Å²) in [5.74, 6) is 1.19. The summed E-state index contributed by atoms with van der Waals surface area (Å²) in [5, 5.41) is 0. The summed E-state index contributed by atoms with van der Waals surface area (Å²) in [6, 6.07) is 13.0. The van der Waals surface area contributed by atoms with Crippen LogP contribution in [-0.2, 0) is 16.0 Å². The number of aryl methyl sites for hydroxylation is 1. The minimum absolute atomic E-state index is 0.00229. The molecular weight excluding hydrogens is 332 g/mol. The Morgan fingerprint density at radius 3 is 2.42 bits per heavy atom. The molecular formula is C20H26N2O4. The van der Waals surface area contributed by atoms with Gasteiger partial charge in [0.2, 0.25) is 5.91 Å². The van der Waals surface area contributed by atoms with Gasteiger partial charge in [0.05, 0.1) is 20.8 Å². The molecule has 0 aliphatic carbocycles. The molecule has 0 aliphatic heterocycles. The fourth-order valence-electron chi connectivity index (χ4n) is 2.71. The van der Waals surface area contributed by atoms with Crippen molar-refractivity contribution in [3.8, 4) is 11.5 Å². The number of nitrogen functional groups attached to an aromatic ring is 1. The van der Waals surface area contributed by atoms with Crippen LogP contribution in [-0.4, -0.2) is 40.4 Å². The Hall–Kier alpha value is -2.73. The van der Waals surface area contributed by atoms with Gasteiger partial charge in [0, 0.05) is 37.5 Å². The maximum atomic E-state index is 12.8. The van der Waals surface area contributed by atoms with Gasteiger partial charge in [-0.2, -0.15) is 0 Å². The first-order chi connectivity index (χ1) is 12.6. The number of methoxy groups -OCH3 is 3. The highest BCUT2D eigenvalue weighted by Gasteiger charge is 2.18. The van der Waals surface area contributed by atoms with Gasteiger partial charge < -0.3 is 24.8 Å². The Morgan fingerprint density at radius 1 is 1.04 bits per heavy atom. The second kappa shape index (κ2) is 9.68. The van der Waals surface area contributed by atoms with Crippen molar-refractivity contribution in [3.05, 3.63) is 48.0 Å². The average molecular weight is 358 g/mol. The predicted molar refractivity (Wildman–Crippen MR) is 103 cm³/mol. The van der Waals surface area contributed by atoms with Gasteiger partial charge in [-0.3, -0.25) is 4.79 Å². The highest BCUT2D eigenvalue weighted by Crippen LogP contribution is 2.31. The van der Waals surface area contributed by atoms with Crippen LogP contribution >= 0.6 is 0 Å². The summed E-state index contributed by atoms with van der Waals surface area (Å²) in [6.07, 6.45) is 0.939. The number of ether oxygens (including phenoxy) is 3. The Labute approximate surface area is 154 Å². The third-order valence-corrected chi connectivity index (χ3v) is 4.16. The summed E-state index contributed by atoms with van der Waals surface area (Å²) in [4.78, 5) is 14.5. The minimum atomic E-state index is -0.00229. The number of amides is 1. The van der Waals surface area contributed by atoms with E-state index in [1.165, 1.54) is 0 Å². The Bertz CT molecular complexity index is 734. The topological polar surface area (TPSA) is 74.0 Å². The molecule has 2 rings (SSSR count). The number of anilines is 2. The molecule has 6 nitrogen and oxygen atoms in total. The summed E-state index contributed by atoms with van der Waals surface area (Å²) < 4.78 is 15.8. The van der Waals surface area contributed by atoms with Crippen LogP contribution in [0.2, 0.25) is 0 Å². The molecule has 1 amide bonds. The van der Waals surface area contributed by atoms with Gasteiger partial charge in [0.15, 0.2) is 11.5 Å². The van der Waals surface area contributed by atoms with Gasteiger partial charge in [0.1, 0.15) is 0 Å². The molecule has 2 aromatic rings. The summed E-state index contributed by atoms with van der Waals surface area (Å²) in [7, 11) is 4.76. The maximum Gasteiger partial charge on any atom is 0.227 e. The zero-order valence-corrected chi connectivity index (χ0v) is 15.5. The highest BCUT2D eigenvalue weighted by atomic mass is 16.5. The van der Waals surface area contributed by atoms with E-state index in [4.69, 9.17) is 19.9 Å². The van der Waals surface area contributed by atoms with Crippen LogP contribution in [0.4, 0.5) is 11.4 Å². The van der Waals surface area contributed by atoms with Crippen LogP contribution in [0.5, 0.6) is 11.5 Å². The van der Waals surface area contributed by atoms with Gasteiger partial charge in [-0.25, -0.2) is 0 Å². The van der Waals surface area contributed by atoms with E-state index in [0.29, 0.717) is 43.2 Å². The van der Waals surface area contributed by atoms with Crippen LogP contribution < -0.4 is 20.1 Å². The molecule has 0 atom stereocenters. The molecule has 0 unspecified atom stereocenters. The summed E-state index contributed by atoms with van der Waals surface area (Å²) in [6.45, 7) is 0.892. The molecule has 0 saturated heterocycles. The van der Waals surface area contributed by atoms with Crippen LogP contribution in [0, 0.1) is 0 Å². The fraction of sp³-hybridized carbons (Fsp3) is 0.350. The second-order valence-electron chi connectivity index (χ2n) is 5.78. The number of nitrogens with two attached hydrogens (primary N) is 1. The molecule has 6 heteroatoms. The van der Waals surface area contributed by atoms with E-state index in [0.717, 1.165) is 11.3 Å². The SMILES string of the molecule is COCCN(C(=O)CCc1ccccc1N)c1ccc(OC)c(OC)c1. The van der Waals surface area contributed by atoms with Crippen molar-refractivity contribution in [2.45, 2.75) is 12.8 Å². The monoisotopic (exact) mass is 358 g/mol. The van der Waals surface area contributed by atoms with Crippen molar-refractivity contribution in [1.82, 2.24) is 0 Å². The molecule has 0 aliphatic rings. The average Bonchev–Trinajstić information content (AvgIpc) is 2.67. The molecule has 26 heavy (non-hydrogen) atoms. The van der Waals surface area contributed by atoms with Crippen molar-refractivity contribution in [1.29, 1.82) is 0 Å². The van der Waals surface area contributed by atoms with E-state index in [-0.39, 0.29) is 5.91 Å². The number of benzene rings is 2. The Morgan fingerprint density at radius 2 is 1.77 bits per heavy atom. The lowest BCUT2D eigenvalue weighted by Crippen LogP contribution is -2.34. The second-order valence-corrected chi connectivity index (χ2v) is 5.78. The summed E-state index contributed by atoms with van der Waals surface area (Å²) >= 11 is 0. The lowest BCUT2D eigenvalue weighted by atomic mass is 10.1. The third kappa shape index (κ3) is 4.89. The normalized spacial score (nSPS) is 10.4. The number of hydrogen-bond acceptors (Lipinski definition) is 5. The van der Waals surface area contributed by atoms with Crippen molar-refractivity contribution < 1.29 is 19.0 Å². The summed E-state index contributed by atoms with van der Waals surface area (Å²) in [5.41, 5.74) is 8.39. The fourth-order valence-corrected chi connectivity index (χ4v) is 2.71. The minimum Gasteiger partial charge on any atom is -0.493 e. The van der Waals surface area contributed by atoms with E-state index in [1.54, 1.807) is 38.4 Å². The smallest absolute Gasteiger partial charge is 0.227 e. The zero-order chi connectivity index (χ0) is 18.9. The lowest BCUT2D eigenvalue weighted by Gasteiger charge is -2.24. The van der Waals surface area contributed by atoms with Gasteiger partial charge in [-0.05, 0) is 30.2 Å². The van der Waals surface area contributed by atoms with Crippen molar-refractivity contribution >= 4 is 17.3 Å². The number of carbonyl (C=O) groups excluding carboxylic acids is 1. The molecule has 0 aromatic heterocycles. The first-order valence-corrected chi connectivity index (χ1v) is 8.45. The van der Waals surface area contributed by atoms with Crippen molar-refractivity contribution in [3.63, 3.8) is 0 Å². The van der Waals surface area contributed by atoms with Gasteiger partial charge >= 0.3 is 0 Å². The number of rotatable bonds is 9. The lowest BCUT2D eigenvalue weighted by molar-refractivity contribution is -0.118. The maximum absolute atomic E-state index is 12.8. The van der Waals surface area contributed by atoms with Gasteiger partial charge in [-0.15, -0.1) is 0 Å². The quantitative estimate of drug-likeness (QED) is 0.698. The molecule has 140 valence electrons. The molecule has 0 fully saturated rings. The van der Waals surface area contributed by atoms with Crippen LogP contribution in [0.3, 0.4) is 0 Å². The van der Waals surface area contributed by atoms with E-state index in [1.807, 2.05) is 30.3 Å². The first kappa shape index (κ1) is 19.6. The molecule has 2 aromatic carbocycles. The van der Waals surface area contributed by atoms with Gasteiger partial charge in [-0.1, -0.05) is 18.2 Å². The van der Waals surface area contributed by atoms with E-state index in [9.17, 15) is 4.79 Å². The Balaban J connectivity index is 2.18. The number of carbonyl (C=O) groups is 1. The molecule has 2 N–H and O–H groups in total. The first-order valence-electron chi connectivity index (χ1n) is 8.45. The molecule has 0 radical (unpaired) electrons. The number of nitrogens with zero attached hydrogens (tertiary/aromatic N) is 1. The van der Waals surface area contributed by atoms with Crippen LogP contribution in [0.15, 0.2) is 42.5 Å². The van der Waals surface area contributed by atoms with E-state index < -0.39 is 0 Å². The van der Waals surface area contributed by atoms with Crippen molar-refractivity contribution in [2.75, 3.05) is 45.1 Å². The van der Waals surface area contributed by atoms with Crippen molar-refractivity contribution in [2.24, 2.45) is 0 Å². The molecule has 0 saturated carbocycles. The third-order valence-electron chi connectivity index (χ3n) is 4.16. The molecule has 0 spiro atoms. The number of hydrogen-bond donors (Lipinski definition) is 1.